The number of benzene rings is 2. The zero-order valence-electron chi connectivity index (χ0n) is 15.1. The second-order valence-corrected chi connectivity index (χ2v) is 6.87. The van der Waals surface area contributed by atoms with Gasteiger partial charge < -0.3 is 10.2 Å². The summed E-state index contributed by atoms with van der Waals surface area (Å²) in [5, 5.41) is 3.36. The van der Waals surface area contributed by atoms with Gasteiger partial charge in [0.1, 0.15) is 11.9 Å². The lowest BCUT2D eigenvalue weighted by Crippen LogP contribution is -2.48. The highest BCUT2D eigenvalue weighted by molar-refractivity contribution is 6.31. The summed E-state index contributed by atoms with van der Waals surface area (Å²) in [4.78, 5) is 26.7. The van der Waals surface area contributed by atoms with Gasteiger partial charge in [-0.25, -0.2) is 4.39 Å². The monoisotopic (exact) mass is 410 g/mol. The number of nitrogens with one attached hydrogen (secondary N) is 1. The molecule has 0 heterocycles. The standard InChI is InChI=1S/C20H21Cl2FN2O2/c1-3-24-20(27)13(2)25(12-14-7-4-5-8-16(14)21)19(26)11-15-17(22)9-6-10-18(15)23/h4-10,13H,3,11-12H2,1-2H3,(H,24,27)/t13-/m0/s1. The highest BCUT2D eigenvalue weighted by Gasteiger charge is 2.27. The van der Waals surface area contributed by atoms with E-state index in [1.807, 2.05) is 0 Å². The van der Waals surface area contributed by atoms with E-state index in [1.54, 1.807) is 38.1 Å². The molecule has 7 heteroatoms. The molecule has 144 valence electrons. The zero-order chi connectivity index (χ0) is 20.0. The quantitative estimate of drug-likeness (QED) is 0.742. The number of carbonyl (C=O) groups is 2. The van der Waals surface area contributed by atoms with Crippen molar-refractivity contribution in [3.8, 4) is 0 Å². The van der Waals surface area contributed by atoms with Gasteiger partial charge in [-0.1, -0.05) is 47.5 Å². The molecule has 0 aliphatic rings. The third-order valence-electron chi connectivity index (χ3n) is 4.21. The minimum Gasteiger partial charge on any atom is -0.355 e. The first kappa shape index (κ1) is 21.2. The molecule has 0 radical (unpaired) electrons. The summed E-state index contributed by atoms with van der Waals surface area (Å²) in [6.45, 7) is 3.99. The molecule has 2 rings (SSSR count). The number of likely N-dealkylation sites (N-methyl/N-ethyl adjacent to an activating group) is 1. The van der Waals surface area contributed by atoms with Crippen molar-refractivity contribution in [1.29, 1.82) is 0 Å². The van der Waals surface area contributed by atoms with Crippen molar-refractivity contribution in [2.45, 2.75) is 32.9 Å². The van der Waals surface area contributed by atoms with E-state index in [2.05, 4.69) is 5.32 Å². The number of halogens is 3. The highest BCUT2D eigenvalue weighted by Crippen LogP contribution is 2.23. The number of rotatable bonds is 7. The molecule has 2 aromatic carbocycles. The lowest BCUT2D eigenvalue weighted by molar-refractivity contribution is -0.140. The molecule has 2 amide bonds. The average Bonchev–Trinajstić information content (AvgIpc) is 2.63. The Labute approximate surface area is 168 Å². The van der Waals surface area contributed by atoms with Crippen molar-refractivity contribution in [3.05, 3.63) is 69.5 Å². The summed E-state index contributed by atoms with van der Waals surface area (Å²) < 4.78 is 14.1. The van der Waals surface area contributed by atoms with Crippen molar-refractivity contribution >= 4 is 35.0 Å². The summed E-state index contributed by atoms with van der Waals surface area (Å²) in [6, 6.07) is 10.6. The lowest BCUT2D eigenvalue weighted by atomic mass is 10.1. The van der Waals surface area contributed by atoms with Crippen molar-refractivity contribution < 1.29 is 14.0 Å². The largest absolute Gasteiger partial charge is 0.355 e. The van der Waals surface area contributed by atoms with E-state index in [-0.39, 0.29) is 29.5 Å². The molecule has 0 aliphatic carbocycles. The average molecular weight is 411 g/mol. The van der Waals surface area contributed by atoms with Crippen LogP contribution in [0.15, 0.2) is 42.5 Å². The van der Waals surface area contributed by atoms with Crippen LogP contribution in [-0.2, 0) is 22.6 Å². The van der Waals surface area contributed by atoms with Crippen LogP contribution in [-0.4, -0.2) is 29.3 Å². The second kappa shape index (κ2) is 9.72. The first-order valence-corrected chi connectivity index (χ1v) is 9.34. The highest BCUT2D eigenvalue weighted by atomic mass is 35.5. The van der Waals surface area contributed by atoms with Gasteiger partial charge in [0, 0.05) is 28.7 Å². The molecule has 0 saturated carbocycles. The van der Waals surface area contributed by atoms with Gasteiger partial charge in [-0.3, -0.25) is 9.59 Å². The van der Waals surface area contributed by atoms with E-state index in [0.717, 1.165) is 0 Å². The number of hydrogen-bond donors (Lipinski definition) is 1. The molecular formula is C20H21Cl2FN2O2. The Hall–Kier alpha value is -2.11. The smallest absolute Gasteiger partial charge is 0.242 e. The van der Waals surface area contributed by atoms with Gasteiger partial charge >= 0.3 is 0 Å². The molecule has 0 bridgehead atoms. The van der Waals surface area contributed by atoms with Crippen LogP contribution in [0.2, 0.25) is 10.0 Å². The Morgan fingerprint density at radius 1 is 1.11 bits per heavy atom. The van der Waals surface area contributed by atoms with Gasteiger partial charge in [-0.2, -0.15) is 0 Å². The van der Waals surface area contributed by atoms with E-state index in [9.17, 15) is 14.0 Å². The minimum absolute atomic E-state index is 0.108. The van der Waals surface area contributed by atoms with Crippen LogP contribution in [0, 0.1) is 5.82 Å². The maximum absolute atomic E-state index is 14.1. The fraction of sp³-hybridized carbons (Fsp3) is 0.300. The van der Waals surface area contributed by atoms with Gasteiger partial charge in [0.05, 0.1) is 6.42 Å². The van der Waals surface area contributed by atoms with Gasteiger partial charge in [0.2, 0.25) is 11.8 Å². The first-order valence-electron chi connectivity index (χ1n) is 8.58. The van der Waals surface area contributed by atoms with Crippen molar-refractivity contribution in [2.75, 3.05) is 6.54 Å². The molecule has 4 nitrogen and oxygen atoms in total. The van der Waals surface area contributed by atoms with Crippen LogP contribution < -0.4 is 5.32 Å². The lowest BCUT2D eigenvalue weighted by Gasteiger charge is -2.29. The predicted molar refractivity (Wildman–Crippen MR) is 105 cm³/mol. The fourth-order valence-corrected chi connectivity index (χ4v) is 3.09. The summed E-state index contributed by atoms with van der Waals surface area (Å²) in [6.07, 6.45) is -0.250. The van der Waals surface area contributed by atoms with Crippen LogP contribution in [0.3, 0.4) is 0 Å². The molecule has 0 fully saturated rings. The Morgan fingerprint density at radius 2 is 1.78 bits per heavy atom. The number of nitrogens with zero attached hydrogens (tertiary/aromatic N) is 1. The van der Waals surface area contributed by atoms with Gasteiger partial charge in [0.25, 0.3) is 0 Å². The molecule has 1 atom stereocenters. The maximum atomic E-state index is 14.1. The Balaban J connectivity index is 2.31. The Morgan fingerprint density at radius 3 is 2.41 bits per heavy atom. The van der Waals surface area contributed by atoms with E-state index >= 15 is 0 Å². The Kier molecular flexibility index (Phi) is 7.63. The van der Waals surface area contributed by atoms with Crippen LogP contribution in [0.4, 0.5) is 4.39 Å². The van der Waals surface area contributed by atoms with E-state index < -0.39 is 17.8 Å². The van der Waals surface area contributed by atoms with Crippen LogP contribution in [0.5, 0.6) is 0 Å². The van der Waals surface area contributed by atoms with Crippen LogP contribution in [0.1, 0.15) is 25.0 Å². The summed E-state index contributed by atoms with van der Waals surface area (Å²) in [7, 11) is 0. The summed E-state index contributed by atoms with van der Waals surface area (Å²) in [5.41, 5.74) is 0.805. The summed E-state index contributed by atoms with van der Waals surface area (Å²) in [5.74, 6) is -1.27. The molecule has 0 spiro atoms. The van der Waals surface area contributed by atoms with Crippen molar-refractivity contribution in [2.24, 2.45) is 0 Å². The molecule has 0 aromatic heterocycles. The molecule has 0 aliphatic heterocycles. The number of carbonyl (C=O) groups excluding carboxylic acids is 2. The zero-order valence-corrected chi connectivity index (χ0v) is 16.6. The van der Waals surface area contributed by atoms with Gasteiger partial charge in [-0.15, -0.1) is 0 Å². The minimum atomic E-state index is -0.751. The topological polar surface area (TPSA) is 49.4 Å². The van der Waals surface area contributed by atoms with Crippen LogP contribution >= 0.6 is 23.2 Å². The van der Waals surface area contributed by atoms with Gasteiger partial charge in [0.15, 0.2) is 0 Å². The second-order valence-electron chi connectivity index (χ2n) is 6.06. The van der Waals surface area contributed by atoms with E-state index in [0.29, 0.717) is 17.1 Å². The number of hydrogen-bond acceptors (Lipinski definition) is 2. The maximum Gasteiger partial charge on any atom is 0.242 e. The SMILES string of the molecule is CCNC(=O)[C@H](C)N(Cc1ccccc1Cl)C(=O)Cc1c(F)cccc1Cl. The molecule has 1 N–H and O–H groups in total. The van der Waals surface area contributed by atoms with Crippen LogP contribution in [0.25, 0.3) is 0 Å². The summed E-state index contributed by atoms with van der Waals surface area (Å²) >= 11 is 12.3. The molecule has 0 unspecified atom stereocenters. The third-order valence-corrected chi connectivity index (χ3v) is 4.93. The van der Waals surface area contributed by atoms with E-state index in [4.69, 9.17) is 23.2 Å². The normalized spacial score (nSPS) is 11.7. The van der Waals surface area contributed by atoms with Crippen molar-refractivity contribution in [3.63, 3.8) is 0 Å². The Bertz CT molecular complexity index is 809. The molecule has 0 saturated heterocycles. The van der Waals surface area contributed by atoms with Gasteiger partial charge in [-0.05, 0) is 37.6 Å². The van der Waals surface area contributed by atoms with Crippen molar-refractivity contribution in [1.82, 2.24) is 10.2 Å². The third kappa shape index (κ3) is 5.44. The fourth-order valence-electron chi connectivity index (χ4n) is 2.67. The molecule has 27 heavy (non-hydrogen) atoms. The predicted octanol–water partition coefficient (Wildman–Crippen LogP) is 4.23. The molecule has 2 aromatic rings. The van der Waals surface area contributed by atoms with E-state index in [1.165, 1.54) is 23.1 Å². The first-order chi connectivity index (χ1) is 12.8. The molecular weight excluding hydrogens is 390 g/mol. The number of amides is 2.